The number of likely N-dealkylation sites (tertiary alicyclic amines) is 1. The van der Waals surface area contributed by atoms with E-state index in [9.17, 15) is 4.79 Å². The molecule has 1 heterocycles. The van der Waals surface area contributed by atoms with Crippen LogP contribution in [0.1, 0.15) is 16.8 Å². The maximum Gasteiger partial charge on any atom is 0.253 e. The van der Waals surface area contributed by atoms with Gasteiger partial charge in [-0.15, -0.1) is 24.8 Å². The summed E-state index contributed by atoms with van der Waals surface area (Å²) in [6.45, 7) is 1.47. The Morgan fingerprint density at radius 3 is 2.38 bits per heavy atom. The lowest BCUT2D eigenvalue weighted by Crippen LogP contribution is -2.31. The molecule has 5 heteroatoms. The zero-order valence-electron chi connectivity index (χ0n) is 8.83. The Morgan fingerprint density at radius 2 is 1.88 bits per heavy atom. The highest BCUT2D eigenvalue weighted by atomic mass is 35.5. The minimum atomic E-state index is 0. The molecular formula is C11H16Cl2N2O. The van der Waals surface area contributed by atoms with Crippen LogP contribution >= 0.6 is 24.8 Å². The molecule has 1 atom stereocenters. The molecule has 0 aliphatic carbocycles. The average molecular weight is 263 g/mol. The molecule has 90 valence electrons. The molecule has 0 aromatic heterocycles. The molecule has 1 unspecified atom stereocenters. The molecule has 0 spiro atoms. The Balaban J connectivity index is 0.00000112. The van der Waals surface area contributed by atoms with E-state index >= 15 is 0 Å². The first-order chi connectivity index (χ1) is 6.77. The van der Waals surface area contributed by atoms with E-state index in [4.69, 9.17) is 5.73 Å². The molecule has 0 saturated carbocycles. The molecule has 1 fully saturated rings. The fourth-order valence-electron chi connectivity index (χ4n) is 1.74. The molecule has 3 nitrogen and oxygen atoms in total. The summed E-state index contributed by atoms with van der Waals surface area (Å²) < 4.78 is 0. The Hall–Kier alpha value is -0.770. The number of hydrogen-bond acceptors (Lipinski definition) is 2. The second-order valence-corrected chi connectivity index (χ2v) is 3.67. The first-order valence-electron chi connectivity index (χ1n) is 4.87. The number of amides is 1. The average Bonchev–Trinajstić information content (AvgIpc) is 2.65. The number of benzene rings is 1. The molecule has 1 aliphatic heterocycles. The highest BCUT2D eigenvalue weighted by Gasteiger charge is 2.23. The predicted octanol–water partition coefficient (Wildman–Crippen LogP) is 1.70. The number of rotatable bonds is 1. The van der Waals surface area contributed by atoms with Gasteiger partial charge in [-0.1, -0.05) is 18.2 Å². The monoisotopic (exact) mass is 262 g/mol. The normalized spacial score (nSPS) is 18.6. The smallest absolute Gasteiger partial charge is 0.253 e. The maximum atomic E-state index is 11.9. The zero-order chi connectivity index (χ0) is 9.97. The van der Waals surface area contributed by atoms with Crippen molar-refractivity contribution >= 4 is 30.7 Å². The van der Waals surface area contributed by atoms with Gasteiger partial charge in [0.2, 0.25) is 0 Å². The van der Waals surface area contributed by atoms with Crippen LogP contribution in [0.3, 0.4) is 0 Å². The van der Waals surface area contributed by atoms with Gasteiger partial charge in [0.05, 0.1) is 0 Å². The van der Waals surface area contributed by atoms with Gasteiger partial charge in [0.25, 0.3) is 5.91 Å². The van der Waals surface area contributed by atoms with Crippen molar-refractivity contribution in [1.29, 1.82) is 0 Å². The van der Waals surface area contributed by atoms with E-state index in [2.05, 4.69) is 0 Å². The summed E-state index contributed by atoms with van der Waals surface area (Å²) in [7, 11) is 0. The minimum Gasteiger partial charge on any atom is -0.337 e. The molecule has 2 rings (SSSR count). The van der Waals surface area contributed by atoms with Crippen molar-refractivity contribution in [3.8, 4) is 0 Å². The summed E-state index contributed by atoms with van der Waals surface area (Å²) in [5, 5.41) is 0. The highest BCUT2D eigenvalue weighted by Crippen LogP contribution is 2.11. The van der Waals surface area contributed by atoms with Crippen LogP contribution in [0.25, 0.3) is 0 Å². The van der Waals surface area contributed by atoms with Gasteiger partial charge in [0.1, 0.15) is 0 Å². The standard InChI is InChI=1S/C11H14N2O.2ClH/c12-10-6-7-13(8-10)11(14)9-4-2-1-3-5-9;;/h1-5,10H,6-8,12H2;2*1H. The van der Waals surface area contributed by atoms with E-state index in [1.807, 2.05) is 35.2 Å². The van der Waals surface area contributed by atoms with E-state index in [0.717, 1.165) is 18.5 Å². The van der Waals surface area contributed by atoms with Crippen molar-refractivity contribution in [3.05, 3.63) is 35.9 Å². The zero-order valence-corrected chi connectivity index (χ0v) is 10.5. The molecule has 0 bridgehead atoms. The predicted molar refractivity (Wildman–Crippen MR) is 69.4 cm³/mol. The van der Waals surface area contributed by atoms with Gasteiger partial charge in [-0.05, 0) is 18.6 Å². The first-order valence-corrected chi connectivity index (χ1v) is 4.87. The van der Waals surface area contributed by atoms with Gasteiger partial charge in [0, 0.05) is 24.7 Å². The van der Waals surface area contributed by atoms with Gasteiger partial charge in [-0.3, -0.25) is 4.79 Å². The van der Waals surface area contributed by atoms with Gasteiger partial charge in [0.15, 0.2) is 0 Å². The fraction of sp³-hybridized carbons (Fsp3) is 0.364. The third kappa shape index (κ3) is 3.37. The van der Waals surface area contributed by atoms with Crippen LogP contribution in [-0.2, 0) is 0 Å². The van der Waals surface area contributed by atoms with Gasteiger partial charge >= 0.3 is 0 Å². The van der Waals surface area contributed by atoms with Crippen molar-refractivity contribution in [2.75, 3.05) is 13.1 Å². The van der Waals surface area contributed by atoms with Crippen LogP contribution in [0, 0.1) is 0 Å². The SMILES string of the molecule is Cl.Cl.NC1CCN(C(=O)c2ccccc2)C1. The van der Waals surface area contributed by atoms with Crippen LogP contribution in [0.2, 0.25) is 0 Å². The molecule has 1 saturated heterocycles. The van der Waals surface area contributed by atoms with Gasteiger partial charge in [-0.25, -0.2) is 0 Å². The van der Waals surface area contributed by atoms with Crippen LogP contribution in [-0.4, -0.2) is 29.9 Å². The molecule has 1 aromatic rings. The molecule has 1 amide bonds. The Labute approximate surface area is 108 Å². The number of halogens is 2. The van der Waals surface area contributed by atoms with Crippen LogP contribution in [0.5, 0.6) is 0 Å². The summed E-state index contributed by atoms with van der Waals surface area (Å²) in [6.07, 6.45) is 0.915. The highest BCUT2D eigenvalue weighted by molar-refractivity contribution is 5.94. The Morgan fingerprint density at radius 1 is 1.25 bits per heavy atom. The minimum absolute atomic E-state index is 0. The van der Waals surface area contributed by atoms with Crippen molar-refractivity contribution in [2.24, 2.45) is 5.73 Å². The first kappa shape index (κ1) is 15.2. The summed E-state index contributed by atoms with van der Waals surface area (Å²) >= 11 is 0. The van der Waals surface area contributed by atoms with Gasteiger partial charge < -0.3 is 10.6 Å². The molecule has 16 heavy (non-hydrogen) atoms. The van der Waals surface area contributed by atoms with E-state index < -0.39 is 0 Å². The number of nitrogens with two attached hydrogens (primary N) is 1. The summed E-state index contributed by atoms with van der Waals surface area (Å²) in [5.74, 6) is 0.0959. The molecule has 1 aliphatic rings. The third-order valence-electron chi connectivity index (χ3n) is 2.53. The van der Waals surface area contributed by atoms with Crippen LogP contribution in [0.15, 0.2) is 30.3 Å². The van der Waals surface area contributed by atoms with Crippen LogP contribution < -0.4 is 5.73 Å². The Bertz CT molecular complexity index is 332. The van der Waals surface area contributed by atoms with E-state index in [1.54, 1.807) is 0 Å². The number of carbonyl (C=O) groups excluding carboxylic acids is 1. The van der Waals surface area contributed by atoms with Crippen molar-refractivity contribution in [3.63, 3.8) is 0 Å². The number of nitrogens with zero attached hydrogens (tertiary/aromatic N) is 1. The lowest BCUT2D eigenvalue weighted by Gasteiger charge is -2.15. The number of carbonyl (C=O) groups is 1. The van der Waals surface area contributed by atoms with Crippen molar-refractivity contribution < 1.29 is 4.79 Å². The quantitative estimate of drug-likeness (QED) is 0.838. The van der Waals surface area contributed by atoms with Gasteiger partial charge in [-0.2, -0.15) is 0 Å². The largest absolute Gasteiger partial charge is 0.337 e. The molecule has 0 radical (unpaired) electrons. The molecular weight excluding hydrogens is 247 g/mol. The number of hydrogen-bond donors (Lipinski definition) is 1. The van der Waals surface area contributed by atoms with Crippen LogP contribution in [0.4, 0.5) is 0 Å². The fourth-order valence-corrected chi connectivity index (χ4v) is 1.74. The summed E-state index contributed by atoms with van der Waals surface area (Å²) in [4.78, 5) is 13.7. The Kier molecular flexibility index (Phi) is 6.41. The third-order valence-corrected chi connectivity index (χ3v) is 2.53. The van der Waals surface area contributed by atoms with E-state index in [0.29, 0.717) is 6.54 Å². The summed E-state index contributed by atoms with van der Waals surface area (Å²) in [5.41, 5.74) is 6.50. The van der Waals surface area contributed by atoms with E-state index in [1.165, 1.54) is 0 Å². The maximum absolute atomic E-state index is 11.9. The molecule has 1 aromatic carbocycles. The van der Waals surface area contributed by atoms with E-state index in [-0.39, 0.29) is 36.8 Å². The van der Waals surface area contributed by atoms with Crippen molar-refractivity contribution in [1.82, 2.24) is 4.90 Å². The second kappa shape index (κ2) is 6.74. The lowest BCUT2D eigenvalue weighted by molar-refractivity contribution is 0.0791. The topological polar surface area (TPSA) is 46.3 Å². The summed E-state index contributed by atoms with van der Waals surface area (Å²) in [6, 6.07) is 9.50. The van der Waals surface area contributed by atoms with Crippen molar-refractivity contribution in [2.45, 2.75) is 12.5 Å². The lowest BCUT2D eigenvalue weighted by atomic mass is 10.2. The molecule has 2 N–H and O–H groups in total. The second-order valence-electron chi connectivity index (χ2n) is 3.67.